The predicted molar refractivity (Wildman–Crippen MR) is 53.3 cm³/mol. The summed E-state index contributed by atoms with van der Waals surface area (Å²) in [4.78, 5) is 21.9. The van der Waals surface area contributed by atoms with Crippen molar-refractivity contribution in [3.8, 4) is 0 Å². The average molecular weight is 191 g/mol. The van der Waals surface area contributed by atoms with E-state index in [2.05, 4.69) is 4.98 Å². The van der Waals surface area contributed by atoms with Gasteiger partial charge in [-0.3, -0.25) is 9.59 Å². The van der Waals surface area contributed by atoms with Gasteiger partial charge in [-0.1, -0.05) is 18.2 Å². The molecular weight excluding hydrogens is 182 g/mol. The van der Waals surface area contributed by atoms with Crippen molar-refractivity contribution in [3.05, 3.63) is 46.8 Å². The maximum atomic E-state index is 10.8. The van der Waals surface area contributed by atoms with Crippen molar-refractivity contribution in [3.63, 3.8) is 0 Å². The van der Waals surface area contributed by atoms with Crippen LogP contribution in [0.4, 0.5) is 0 Å². The van der Waals surface area contributed by atoms with Crippen LogP contribution in [0.3, 0.4) is 0 Å². The van der Waals surface area contributed by atoms with Gasteiger partial charge in [0, 0.05) is 11.6 Å². The van der Waals surface area contributed by atoms with Gasteiger partial charge in [0.05, 0.1) is 0 Å². The van der Waals surface area contributed by atoms with Gasteiger partial charge in [0.25, 0.3) is 6.47 Å². The largest absolute Gasteiger partial charge is 0.483 e. The van der Waals surface area contributed by atoms with Gasteiger partial charge in [-0.05, 0) is 17.5 Å². The van der Waals surface area contributed by atoms with Crippen molar-refractivity contribution in [2.75, 3.05) is 0 Å². The van der Waals surface area contributed by atoms with Crippen molar-refractivity contribution in [2.24, 2.45) is 0 Å². The fourth-order valence-corrected chi connectivity index (χ4v) is 1.10. The van der Waals surface area contributed by atoms with Crippen molar-refractivity contribution < 1.29 is 9.90 Å². The van der Waals surface area contributed by atoms with Crippen LogP contribution in [0.2, 0.25) is 0 Å². The Morgan fingerprint density at radius 3 is 2.50 bits per heavy atom. The molecule has 0 aliphatic rings. The van der Waals surface area contributed by atoms with Crippen molar-refractivity contribution in [1.29, 1.82) is 0 Å². The van der Waals surface area contributed by atoms with Crippen LogP contribution < -0.4 is 5.56 Å². The van der Waals surface area contributed by atoms with Crippen LogP contribution in [0.25, 0.3) is 10.9 Å². The molecule has 2 rings (SSSR count). The zero-order valence-corrected chi connectivity index (χ0v) is 7.31. The van der Waals surface area contributed by atoms with E-state index < -0.39 is 0 Å². The molecule has 0 radical (unpaired) electrons. The van der Waals surface area contributed by atoms with Gasteiger partial charge in [-0.2, -0.15) is 0 Å². The second-order valence-corrected chi connectivity index (χ2v) is 2.52. The van der Waals surface area contributed by atoms with Gasteiger partial charge in [-0.15, -0.1) is 0 Å². The van der Waals surface area contributed by atoms with Crippen molar-refractivity contribution >= 4 is 17.4 Å². The number of benzene rings is 1. The maximum absolute atomic E-state index is 10.8. The fourth-order valence-electron chi connectivity index (χ4n) is 1.10. The van der Waals surface area contributed by atoms with Crippen LogP contribution >= 0.6 is 0 Å². The number of carbonyl (C=O) groups is 1. The van der Waals surface area contributed by atoms with E-state index in [9.17, 15) is 4.79 Å². The van der Waals surface area contributed by atoms with Crippen LogP contribution in [0, 0.1) is 0 Å². The molecule has 4 nitrogen and oxygen atoms in total. The number of pyridine rings is 1. The molecule has 1 heterocycles. The summed E-state index contributed by atoms with van der Waals surface area (Å²) in [6.45, 7) is -0.250. The number of fused-ring (bicyclic) bond motifs is 1. The summed E-state index contributed by atoms with van der Waals surface area (Å²) in [7, 11) is 0. The van der Waals surface area contributed by atoms with Gasteiger partial charge in [0.1, 0.15) is 0 Å². The minimum Gasteiger partial charge on any atom is -0.483 e. The van der Waals surface area contributed by atoms with Crippen molar-refractivity contribution in [1.82, 2.24) is 4.98 Å². The van der Waals surface area contributed by atoms with E-state index in [1.807, 2.05) is 30.3 Å². The van der Waals surface area contributed by atoms with Crippen molar-refractivity contribution in [2.45, 2.75) is 0 Å². The summed E-state index contributed by atoms with van der Waals surface area (Å²) >= 11 is 0. The highest BCUT2D eigenvalue weighted by atomic mass is 16.3. The minimum atomic E-state index is -0.250. The van der Waals surface area contributed by atoms with E-state index in [-0.39, 0.29) is 12.0 Å². The first-order valence-electron chi connectivity index (χ1n) is 3.94. The molecule has 0 atom stereocenters. The third-order valence-electron chi connectivity index (χ3n) is 1.63. The number of rotatable bonds is 0. The molecule has 14 heavy (non-hydrogen) atoms. The number of aromatic amines is 1. The van der Waals surface area contributed by atoms with E-state index >= 15 is 0 Å². The standard InChI is InChI=1S/C9H7NO.CH2O2/c11-9-6-5-7-3-1-2-4-8(7)10-9;2-1-3/h1-6H,(H,10,11);1H,(H,2,3). The SMILES string of the molecule is O=CO.O=c1ccc2ccccc2[nH]1. The lowest BCUT2D eigenvalue weighted by molar-refractivity contribution is -0.122. The summed E-state index contributed by atoms with van der Waals surface area (Å²) < 4.78 is 0. The Morgan fingerprint density at radius 1 is 1.14 bits per heavy atom. The van der Waals surface area contributed by atoms with Crippen LogP contribution in [0.1, 0.15) is 0 Å². The summed E-state index contributed by atoms with van der Waals surface area (Å²) in [5.74, 6) is 0. The molecule has 2 aromatic rings. The minimum absolute atomic E-state index is 0.0521. The monoisotopic (exact) mass is 191 g/mol. The second kappa shape index (κ2) is 4.81. The first-order valence-corrected chi connectivity index (χ1v) is 3.94. The Balaban J connectivity index is 0.000000293. The summed E-state index contributed by atoms with van der Waals surface area (Å²) in [5.41, 5.74) is 0.837. The maximum Gasteiger partial charge on any atom is 0.290 e. The molecule has 0 aliphatic carbocycles. The number of nitrogens with one attached hydrogen (secondary N) is 1. The fraction of sp³-hybridized carbons (Fsp3) is 0. The predicted octanol–water partition coefficient (Wildman–Crippen LogP) is 1.23. The molecule has 4 heteroatoms. The number of aromatic nitrogens is 1. The Labute approximate surface area is 79.8 Å². The molecule has 0 amide bonds. The Morgan fingerprint density at radius 2 is 1.79 bits per heavy atom. The van der Waals surface area contributed by atoms with Gasteiger partial charge in [0.15, 0.2) is 0 Å². The molecule has 0 bridgehead atoms. The third kappa shape index (κ3) is 2.45. The number of H-pyrrole nitrogens is 1. The van der Waals surface area contributed by atoms with E-state index in [1.165, 1.54) is 6.07 Å². The van der Waals surface area contributed by atoms with E-state index in [1.54, 1.807) is 0 Å². The average Bonchev–Trinajstić information content (AvgIpc) is 2.19. The van der Waals surface area contributed by atoms with Gasteiger partial charge >= 0.3 is 0 Å². The molecule has 0 saturated carbocycles. The van der Waals surface area contributed by atoms with Crippen LogP contribution in [-0.4, -0.2) is 16.6 Å². The number of carboxylic acid groups (broad SMARTS) is 1. The summed E-state index contributed by atoms with van der Waals surface area (Å²) in [6.07, 6.45) is 0. The molecule has 0 saturated heterocycles. The highest BCUT2D eigenvalue weighted by Gasteiger charge is 1.89. The normalized spacial score (nSPS) is 8.86. The first-order chi connectivity index (χ1) is 6.77. The molecule has 1 aromatic heterocycles. The van der Waals surface area contributed by atoms with Crippen LogP contribution in [0.15, 0.2) is 41.2 Å². The smallest absolute Gasteiger partial charge is 0.290 e. The third-order valence-corrected chi connectivity index (χ3v) is 1.63. The highest BCUT2D eigenvalue weighted by Crippen LogP contribution is 2.06. The number of para-hydroxylation sites is 1. The van der Waals surface area contributed by atoms with Crippen LogP contribution in [-0.2, 0) is 4.79 Å². The summed E-state index contributed by atoms with van der Waals surface area (Å²) in [5, 5.41) is 7.95. The van der Waals surface area contributed by atoms with E-state index in [0.717, 1.165) is 10.9 Å². The summed E-state index contributed by atoms with van der Waals surface area (Å²) in [6, 6.07) is 11.0. The molecule has 1 aromatic carbocycles. The Kier molecular flexibility index (Phi) is 3.43. The zero-order valence-electron chi connectivity index (χ0n) is 7.31. The van der Waals surface area contributed by atoms with Gasteiger partial charge in [0.2, 0.25) is 5.56 Å². The first kappa shape index (κ1) is 9.98. The second-order valence-electron chi connectivity index (χ2n) is 2.52. The topological polar surface area (TPSA) is 70.2 Å². The molecule has 72 valence electrons. The number of hydrogen-bond acceptors (Lipinski definition) is 2. The molecular formula is C10H9NO3. The Bertz CT molecular complexity index is 476. The number of hydrogen-bond donors (Lipinski definition) is 2. The van der Waals surface area contributed by atoms with Crippen LogP contribution in [0.5, 0.6) is 0 Å². The molecule has 0 unspecified atom stereocenters. The molecule has 2 N–H and O–H groups in total. The highest BCUT2D eigenvalue weighted by molar-refractivity contribution is 5.77. The molecule has 0 aliphatic heterocycles. The van der Waals surface area contributed by atoms with Gasteiger partial charge < -0.3 is 10.1 Å². The zero-order chi connectivity index (χ0) is 10.4. The lowest BCUT2D eigenvalue weighted by atomic mass is 10.2. The quantitative estimate of drug-likeness (QED) is 0.615. The van der Waals surface area contributed by atoms with E-state index in [4.69, 9.17) is 9.90 Å². The molecule has 0 fully saturated rings. The molecule has 0 spiro atoms. The van der Waals surface area contributed by atoms with E-state index in [0.29, 0.717) is 0 Å². The lowest BCUT2D eigenvalue weighted by Crippen LogP contribution is -2.01. The van der Waals surface area contributed by atoms with Gasteiger partial charge in [-0.25, -0.2) is 0 Å². The Hall–Kier alpha value is -2.10. The lowest BCUT2D eigenvalue weighted by Gasteiger charge is -1.93.